The molecule has 1 aromatic carbocycles. The van der Waals surface area contributed by atoms with Crippen molar-refractivity contribution in [3.05, 3.63) is 23.8 Å². The first-order valence-electron chi connectivity index (χ1n) is 7.18. The second-order valence-corrected chi connectivity index (χ2v) is 5.66. The van der Waals surface area contributed by atoms with E-state index in [1.54, 1.807) is 26.2 Å². The van der Waals surface area contributed by atoms with Gasteiger partial charge in [0.2, 0.25) is 0 Å². The first-order valence-corrected chi connectivity index (χ1v) is 7.18. The summed E-state index contributed by atoms with van der Waals surface area (Å²) < 4.78 is 10.9. The molecular formula is C16H26N2O3. The largest absolute Gasteiger partial charge is 0.497 e. The fourth-order valence-corrected chi connectivity index (χ4v) is 1.72. The van der Waals surface area contributed by atoms with Gasteiger partial charge in [-0.25, -0.2) is 0 Å². The van der Waals surface area contributed by atoms with Crippen molar-refractivity contribution in [3.8, 4) is 11.5 Å². The van der Waals surface area contributed by atoms with E-state index < -0.39 is 6.10 Å². The summed E-state index contributed by atoms with van der Waals surface area (Å²) in [5.41, 5.74) is 6.28. The number of nitrogens with two attached hydrogens (primary N) is 1. The molecule has 0 saturated heterocycles. The lowest BCUT2D eigenvalue weighted by Crippen LogP contribution is -2.48. The third-order valence-electron chi connectivity index (χ3n) is 3.51. The first-order chi connectivity index (χ1) is 9.82. The molecule has 0 radical (unpaired) electrons. The lowest BCUT2D eigenvalue weighted by molar-refractivity contribution is -0.129. The molecule has 5 nitrogen and oxygen atoms in total. The zero-order valence-electron chi connectivity index (χ0n) is 13.5. The molecule has 1 unspecified atom stereocenters. The van der Waals surface area contributed by atoms with Gasteiger partial charge < -0.3 is 20.5 Å². The zero-order valence-corrected chi connectivity index (χ0v) is 13.5. The van der Waals surface area contributed by atoms with Crippen molar-refractivity contribution >= 4 is 5.91 Å². The van der Waals surface area contributed by atoms with Crippen molar-refractivity contribution in [3.63, 3.8) is 0 Å². The van der Waals surface area contributed by atoms with Crippen molar-refractivity contribution in [2.75, 3.05) is 7.11 Å². The Morgan fingerprint density at radius 1 is 1.43 bits per heavy atom. The quantitative estimate of drug-likeness (QED) is 0.808. The third-order valence-corrected chi connectivity index (χ3v) is 3.51. The topological polar surface area (TPSA) is 73.6 Å². The zero-order chi connectivity index (χ0) is 16.0. The fraction of sp³-hybridized carbons (Fsp3) is 0.562. The molecule has 0 aliphatic rings. The molecule has 0 fully saturated rings. The Morgan fingerprint density at radius 3 is 2.62 bits per heavy atom. The van der Waals surface area contributed by atoms with Crippen LogP contribution in [0.25, 0.3) is 0 Å². The number of amides is 1. The summed E-state index contributed by atoms with van der Waals surface area (Å²) in [5.74, 6) is 1.18. The predicted molar refractivity (Wildman–Crippen MR) is 83.5 cm³/mol. The highest BCUT2D eigenvalue weighted by atomic mass is 16.5. The molecule has 1 amide bonds. The maximum absolute atomic E-state index is 12.2. The third kappa shape index (κ3) is 4.93. The average Bonchev–Trinajstić information content (AvgIpc) is 2.47. The van der Waals surface area contributed by atoms with Crippen molar-refractivity contribution < 1.29 is 14.3 Å². The standard InChI is InChI=1S/C16H26N2O3/c1-6-16(3,4)18-15(19)11(2)21-14-8-7-13(20-5)9-12(14)10-17/h7-9,11H,6,10,17H2,1-5H3,(H,18,19). The minimum absolute atomic E-state index is 0.138. The molecule has 21 heavy (non-hydrogen) atoms. The number of rotatable bonds is 7. The van der Waals surface area contributed by atoms with E-state index in [0.717, 1.165) is 12.0 Å². The molecule has 0 saturated carbocycles. The molecule has 5 heteroatoms. The summed E-state index contributed by atoms with van der Waals surface area (Å²) >= 11 is 0. The number of hydrogen-bond donors (Lipinski definition) is 2. The number of methoxy groups -OCH3 is 1. The van der Waals surface area contributed by atoms with E-state index in [1.165, 1.54) is 0 Å². The number of benzene rings is 1. The Hall–Kier alpha value is -1.75. The van der Waals surface area contributed by atoms with E-state index in [1.807, 2.05) is 26.8 Å². The van der Waals surface area contributed by atoms with Crippen molar-refractivity contribution in [1.29, 1.82) is 0 Å². The van der Waals surface area contributed by atoms with Crippen molar-refractivity contribution in [2.24, 2.45) is 5.73 Å². The van der Waals surface area contributed by atoms with Crippen LogP contribution in [0, 0.1) is 0 Å². The molecule has 0 aromatic heterocycles. The number of ether oxygens (including phenoxy) is 2. The van der Waals surface area contributed by atoms with Gasteiger partial charge in [0, 0.05) is 17.6 Å². The average molecular weight is 294 g/mol. The number of nitrogens with one attached hydrogen (secondary N) is 1. The van der Waals surface area contributed by atoms with Crippen LogP contribution < -0.4 is 20.5 Å². The highest BCUT2D eigenvalue weighted by Gasteiger charge is 2.23. The monoisotopic (exact) mass is 294 g/mol. The van der Waals surface area contributed by atoms with Crippen LogP contribution in [0.5, 0.6) is 11.5 Å². The smallest absolute Gasteiger partial charge is 0.261 e. The van der Waals surface area contributed by atoms with E-state index in [4.69, 9.17) is 15.2 Å². The van der Waals surface area contributed by atoms with Crippen LogP contribution in [0.4, 0.5) is 0 Å². The van der Waals surface area contributed by atoms with E-state index in [9.17, 15) is 4.79 Å². The van der Waals surface area contributed by atoms with Crippen LogP contribution >= 0.6 is 0 Å². The van der Waals surface area contributed by atoms with Gasteiger partial charge >= 0.3 is 0 Å². The number of carbonyl (C=O) groups is 1. The van der Waals surface area contributed by atoms with Crippen LogP contribution in [0.3, 0.4) is 0 Å². The Bertz CT molecular complexity index is 486. The Kier molecular flexibility index (Phi) is 6.03. The summed E-state index contributed by atoms with van der Waals surface area (Å²) in [6.07, 6.45) is 0.261. The maximum atomic E-state index is 12.2. The van der Waals surface area contributed by atoms with Gasteiger partial charge in [0.1, 0.15) is 11.5 Å². The van der Waals surface area contributed by atoms with Gasteiger partial charge in [0.25, 0.3) is 5.91 Å². The number of carbonyl (C=O) groups excluding carboxylic acids is 1. The summed E-state index contributed by atoms with van der Waals surface area (Å²) in [6, 6.07) is 5.38. The lowest BCUT2D eigenvalue weighted by atomic mass is 10.0. The van der Waals surface area contributed by atoms with Gasteiger partial charge in [0.05, 0.1) is 7.11 Å². The van der Waals surface area contributed by atoms with Crippen LogP contribution in [-0.4, -0.2) is 24.7 Å². The van der Waals surface area contributed by atoms with Gasteiger partial charge in [-0.1, -0.05) is 6.92 Å². The SMILES string of the molecule is CCC(C)(C)NC(=O)C(C)Oc1ccc(OC)cc1CN. The minimum atomic E-state index is -0.588. The molecule has 0 aliphatic carbocycles. The molecule has 3 N–H and O–H groups in total. The highest BCUT2D eigenvalue weighted by molar-refractivity contribution is 5.81. The van der Waals surface area contributed by atoms with Crippen LogP contribution in [0.2, 0.25) is 0 Å². The molecule has 118 valence electrons. The maximum Gasteiger partial charge on any atom is 0.261 e. The van der Waals surface area contributed by atoms with Crippen LogP contribution in [0.15, 0.2) is 18.2 Å². The Morgan fingerprint density at radius 2 is 2.10 bits per heavy atom. The van der Waals surface area contributed by atoms with Gasteiger partial charge in [-0.2, -0.15) is 0 Å². The molecule has 1 atom stereocenters. The van der Waals surface area contributed by atoms with E-state index in [-0.39, 0.29) is 11.4 Å². The normalized spacial score (nSPS) is 12.7. The molecule has 0 heterocycles. The van der Waals surface area contributed by atoms with Crippen molar-refractivity contribution in [1.82, 2.24) is 5.32 Å². The van der Waals surface area contributed by atoms with Gasteiger partial charge in [-0.3, -0.25) is 4.79 Å². The highest BCUT2D eigenvalue weighted by Crippen LogP contribution is 2.24. The van der Waals surface area contributed by atoms with Crippen LogP contribution in [-0.2, 0) is 11.3 Å². The molecule has 0 bridgehead atoms. The van der Waals surface area contributed by atoms with Crippen molar-refractivity contribution in [2.45, 2.75) is 52.3 Å². The van der Waals surface area contributed by atoms with E-state index in [2.05, 4.69) is 5.32 Å². The lowest BCUT2D eigenvalue weighted by Gasteiger charge is -2.27. The molecular weight excluding hydrogens is 268 g/mol. The van der Waals surface area contributed by atoms with Gasteiger partial charge in [-0.15, -0.1) is 0 Å². The minimum Gasteiger partial charge on any atom is -0.497 e. The Balaban J connectivity index is 2.78. The van der Waals surface area contributed by atoms with Gasteiger partial charge in [-0.05, 0) is 45.4 Å². The summed E-state index contributed by atoms with van der Waals surface area (Å²) in [4.78, 5) is 12.2. The molecule has 1 rings (SSSR count). The molecule has 1 aromatic rings. The number of hydrogen-bond acceptors (Lipinski definition) is 4. The second-order valence-electron chi connectivity index (χ2n) is 5.66. The second kappa shape index (κ2) is 7.31. The summed E-state index contributed by atoms with van der Waals surface area (Å²) in [5, 5.41) is 2.97. The van der Waals surface area contributed by atoms with E-state index >= 15 is 0 Å². The molecule has 0 aliphatic heterocycles. The summed E-state index contributed by atoms with van der Waals surface area (Å²) in [6.45, 7) is 8.04. The first kappa shape index (κ1) is 17.3. The van der Waals surface area contributed by atoms with E-state index in [0.29, 0.717) is 18.0 Å². The summed E-state index contributed by atoms with van der Waals surface area (Å²) in [7, 11) is 1.60. The Labute approximate surface area is 126 Å². The fourth-order valence-electron chi connectivity index (χ4n) is 1.72. The van der Waals surface area contributed by atoms with Gasteiger partial charge in [0.15, 0.2) is 6.10 Å². The molecule has 0 spiro atoms. The predicted octanol–water partition coefficient (Wildman–Crippen LogP) is 2.23. The van der Waals surface area contributed by atoms with Crippen LogP contribution in [0.1, 0.15) is 39.7 Å².